The van der Waals surface area contributed by atoms with E-state index in [1.807, 2.05) is 42.5 Å². The topological polar surface area (TPSA) is 32.8 Å². The molecule has 3 aromatic carbocycles. The van der Waals surface area contributed by atoms with Crippen molar-refractivity contribution in [2.24, 2.45) is 0 Å². The van der Waals surface area contributed by atoms with E-state index in [1.165, 1.54) is 23.5 Å². The van der Waals surface area contributed by atoms with Gasteiger partial charge in [0.2, 0.25) is 0 Å². The molecule has 0 spiro atoms. The molecule has 0 radical (unpaired) electrons. The molecule has 1 aliphatic heterocycles. The van der Waals surface area contributed by atoms with Crippen LogP contribution in [0.3, 0.4) is 0 Å². The zero-order valence-electron chi connectivity index (χ0n) is 20.2. The van der Waals surface area contributed by atoms with Crippen molar-refractivity contribution in [1.29, 1.82) is 0 Å². The molecule has 0 unspecified atom stereocenters. The lowest BCUT2D eigenvalue weighted by Gasteiger charge is -2.36. The Morgan fingerprint density at radius 1 is 1.00 bits per heavy atom. The molecule has 5 rings (SSSR count). The summed E-state index contributed by atoms with van der Waals surface area (Å²) in [7, 11) is 1.63. The molecule has 36 heavy (non-hydrogen) atoms. The first kappa shape index (κ1) is 24.8. The molecule has 0 N–H and O–H groups in total. The number of alkyl halides is 1. The summed E-state index contributed by atoms with van der Waals surface area (Å²) in [5.74, 6) is 1.10. The average molecular weight is 523 g/mol. The van der Waals surface area contributed by atoms with E-state index in [4.69, 9.17) is 16.3 Å². The molecule has 1 aliphatic rings. The molecular formula is C29H28ClFN2O2S. The van der Waals surface area contributed by atoms with E-state index in [9.17, 15) is 9.18 Å². The fourth-order valence-corrected chi connectivity index (χ4v) is 6.07. The molecule has 1 fully saturated rings. The third-order valence-corrected chi connectivity index (χ3v) is 8.17. The maximum Gasteiger partial charge on any atom is 0.195 e. The fourth-order valence-electron chi connectivity index (χ4n) is 4.71. The highest BCUT2D eigenvalue weighted by molar-refractivity contribution is 7.22. The number of hydrogen-bond donors (Lipinski definition) is 0. The molecule has 2 heterocycles. The average Bonchev–Trinajstić information content (AvgIpc) is 3.31. The molecule has 1 saturated heterocycles. The quantitative estimate of drug-likeness (QED) is 0.190. The third kappa shape index (κ3) is 5.12. The molecule has 0 aliphatic carbocycles. The van der Waals surface area contributed by atoms with Crippen LogP contribution in [0.5, 0.6) is 5.75 Å². The van der Waals surface area contributed by atoms with Crippen molar-refractivity contribution in [3.05, 3.63) is 83.7 Å². The Kier molecular flexibility index (Phi) is 7.56. The largest absolute Gasteiger partial charge is 0.497 e. The first-order valence-corrected chi connectivity index (χ1v) is 13.5. The molecule has 0 atom stereocenters. The molecule has 0 saturated carbocycles. The van der Waals surface area contributed by atoms with Gasteiger partial charge in [0.25, 0.3) is 0 Å². The summed E-state index contributed by atoms with van der Waals surface area (Å²) >= 11 is 7.36. The van der Waals surface area contributed by atoms with Gasteiger partial charge in [0.05, 0.1) is 7.11 Å². The number of piperazine rings is 1. The van der Waals surface area contributed by atoms with E-state index < -0.39 is 0 Å². The second-order valence-corrected chi connectivity index (χ2v) is 10.4. The predicted octanol–water partition coefficient (Wildman–Crippen LogP) is 6.70. The number of ketones is 1. The molecule has 1 aromatic heterocycles. The van der Waals surface area contributed by atoms with Crippen LogP contribution < -0.4 is 9.64 Å². The SMILES string of the molecule is COc1ccc2c(C(=O)c3ccc(N4CCN(CCCCl)CC4)cc3)c(-c3ccc(F)cc3)sc2c1. The first-order valence-electron chi connectivity index (χ1n) is 12.1. The number of rotatable bonds is 8. The van der Waals surface area contributed by atoms with Crippen molar-refractivity contribution in [2.45, 2.75) is 6.42 Å². The van der Waals surface area contributed by atoms with Gasteiger partial charge >= 0.3 is 0 Å². The number of carbonyl (C=O) groups is 1. The molecule has 4 nitrogen and oxygen atoms in total. The van der Waals surface area contributed by atoms with Gasteiger partial charge in [-0.05, 0) is 73.1 Å². The number of halogens is 2. The number of nitrogens with zero attached hydrogens (tertiary/aromatic N) is 2. The van der Waals surface area contributed by atoms with Gasteiger partial charge in [0.1, 0.15) is 11.6 Å². The van der Waals surface area contributed by atoms with Crippen molar-refractivity contribution in [2.75, 3.05) is 50.6 Å². The number of anilines is 1. The monoisotopic (exact) mass is 522 g/mol. The van der Waals surface area contributed by atoms with E-state index in [-0.39, 0.29) is 11.6 Å². The molecule has 4 aromatic rings. The lowest BCUT2D eigenvalue weighted by molar-refractivity contribution is 0.104. The Morgan fingerprint density at radius 2 is 1.72 bits per heavy atom. The van der Waals surface area contributed by atoms with Crippen LogP contribution in [0.4, 0.5) is 10.1 Å². The summed E-state index contributed by atoms with van der Waals surface area (Å²) in [5.41, 5.74) is 3.23. The van der Waals surface area contributed by atoms with Gasteiger partial charge in [0, 0.05) is 63.8 Å². The summed E-state index contributed by atoms with van der Waals surface area (Å²) in [6, 6.07) is 20.0. The molecule has 0 amide bonds. The molecule has 186 valence electrons. The number of fused-ring (bicyclic) bond motifs is 1. The number of hydrogen-bond acceptors (Lipinski definition) is 5. The van der Waals surface area contributed by atoms with Gasteiger partial charge in [-0.3, -0.25) is 9.69 Å². The highest BCUT2D eigenvalue weighted by Crippen LogP contribution is 2.41. The minimum absolute atomic E-state index is 0.0387. The van der Waals surface area contributed by atoms with Crippen LogP contribution >= 0.6 is 22.9 Å². The minimum atomic E-state index is -0.301. The van der Waals surface area contributed by atoms with Gasteiger partial charge in [-0.2, -0.15) is 0 Å². The van der Waals surface area contributed by atoms with Crippen LogP contribution in [0.1, 0.15) is 22.3 Å². The van der Waals surface area contributed by atoms with E-state index in [2.05, 4.69) is 9.80 Å². The zero-order chi connectivity index (χ0) is 25.1. The van der Waals surface area contributed by atoms with Gasteiger partial charge < -0.3 is 9.64 Å². The smallest absolute Gasteiger partial charge is 0.195 e. The standard InChI is InChI=1S/C29H28ClFN2O2S/c1-35-24-11-12-25-26(19-24)36-29(21-3-7-22(31)8-4-21)27(25)28(34)20-5-9-23(10-6-20)33-17-15-32(16-18-33)14-2-13-30/h3-12,19H,2,13-18H2,1H3. The van der Waals surface area contributed by atoms with Crippen LogP contribution in [0.2, 0.25) is 0 Å². The Balaban J connectivity index is 1.43. The van der Waals surface area contributed by atoms with Crippen molar-refractivity contribution < 1.29 is 13.9 Å². The number of benzene rings is 3. The van der Waals surface area contributed by atoms with Crippen LogP contribution in [-0.4, -0.2) is 56.4 Å². The van der Waals surface area contributed by atoms with Gasteiger partial charge in [0.15, 0.2) is 5.78 Å². The van der Waals surface area contributed by atoms with Gasteiger partial charge in [-0.1, -0.05) is 12.1 Å². The van der Waals surface area contributed by atoms with Crippen molar-refractivity contribution in [3.63, 3.8) is 0 Å². The van der Waals surface area contributed by atoms with E-state index in [0.717, 1.165) is 71.1 Å². The molecule has 7 heteroatoms. The summed E-state index contributed by atoms with van der Waals surface area (Å²) in [4.78, 5) is 19.5. The van der Waals surface area contributed by atoms with Gasteiger partial charge in [-0.15, -0.1) is 22.9 Å². The Bertz CT molecular complexity index is 1350. The van der Waals surface area contributed by atoms with Crippen molar-refractivity contribution >= 4 is 44.5 Å². The summed E-state index contributed by atoms with van der Waals surface area (Å²) in [5, 5.41) is 0.877. The second-order valence-electron chi connectivity index (χ2n) is 8.92. The highest BCUT2D eigenvalue weighted by Gasteiger charge is 2.23. The van der Waals surface area contributed by atoms with Crippen LogP contribution in [0.25, 0.3) is 20.5 Å². The number of methoxy groups -OCH3 is 1. The van der Waals surface area contributed by atoms with Crippen LogP contribution in [0, 0.1) is 5.82 Å². The number of ether oxygens (including phenoxy) is 1. The third-order valence-electron chi connectivity index (χ3n) is 6.71. The summed E-state index contributed by atoms with van der Waals surface area (Å²) in [6.07, 6.45) is 1.02. The predicted molar refractivity (Wildman–Crippen MR) is 148 cm³/mol. The zero-order valence-corrected chi connectivity index (χ0v) is 21.7. The highest BCUT2D eigenvalue weighted by atomic mass is 35.5. The van der Waals surface area contributed by atoms with Crippen molar-refractivity contribution in [3.8, 4) is 16.2 Å². The van der Waals surface area contributed by atoms with Crippen LogP contribution in [0.15, 0.2) is 66.7 Å². The van der Waals surface area contributed by atoms with Crippen LogP contribution in [-0.2, 0) is 0 Å². The lowest BCUT2D eigenvalue weighted by Crippen LogP contribution is -2.46. The maximum atomic E-state index is 13.8. The summed E-state index contributed by atoms with van der Waals surface area (Å²) in [6.45, 7) is 5.00. The number of carbonyl (C=O) groups excluding carboxylic acids is 1. The lowest BCUT2D eigenvalue weighted by atomic mass is 9.97. The Hall–Kier alpha value is -2.93. The van der Waals surface area contributed by atoms with E-state index in [1.54, 1.807) is 19.2 Å². The van der Waals surface area contributed by atoms with Crippen molar-refractivity contribution in [1.82, 2.24) is 4.90 Å². The number of thiophene rings is 1. The first-order chi connectivity index (χ1) is 17.6. The van der Waals surface area contributed by atoms with Gasteiger partial charge in [-0.25, -0.2) is 4.39 Å². The van der Waals surface area contributed by atoms with E-state index >= 15 is 0 Å². The molecule has 0 bridgehead atoms. The maximum absolute atomic E-state index is 13.8. The fraction of sp³-hybridized carbons (Fsp3) is 0.276. The normalized spacial score (nSPS) is 14.4. The summed E-state index contributed by atoms with van der Waals surface area (Å²) < 4.78 is 20.0. The van der Waals surface area contributed by atoms with E-state index in [0.29, 0.717) is 17.0 Å². The Labute approximate surface area is 219 Å². The molecular weight excluding hydrogens is 495 g/mol. The Morgan fingerprint density at radius 3 is 2.39 bits per heavy atom. The second kappa shape index (κ2) is 11.0. The minimum Gasteiger partial charge on any atom is -0.497 e.